The molecular weight excluding hydrogens is 328 g/mol. The van der Waals surface area contributed by atoms with Gasteiger partial charge in [0.15, 0.2) is 4.90 Å². The normalized spacial score (nSPS) is 26.5. The molecule has 1 fully saturated rings. The lowest BCUT2D eigenvalue weighted by atomic mass is 9.94. The summed E-state index contributed by atoms with van der Waals surface area (Å²) in [6.45, 7) is 0.299. The highest BCUT2D eigenvalue weighted by Crippen LogP contribution is 2.43. The van der Waals surface area contributed by atoms with Crippen LogP contribution in [0.25, 0.3) is 0 Å². The number of halogens is 1. The highest BCUT2D eigenvalue weighted by molar-refractivity contribution is 7.89. The third-order valence-corrected chi connectivity index (χ3v) is 6.07. The van der Waals surface area contributed by atoms with Gasteiger partial charge in [-0.05, 0) is 42.7 Å². The minimum absolute atomic E-state index is 0.129. The SMILES string of the molecule is O=[N+]([O-])c1cc(Cl)ccc1S(=O)(=O)NC[C@H]1C[C@H]2C=C[C@H]1C2. The second-order valence-electron chi connectivity index (χ2n) is 5.76. The Morgan fingerprint density at radius 3 is 2.68 bits per heavy atom. The minimum atomic E-state index is -3.93. The van der Waals surface area contributed by atoms with E-state index in [1.165, 1.54) is 12.1 Å². The van der Waals surface area contributed by atoms with Crippen LogP contribution in [-0.4, -0.2) is 19.9 Å². The van der Waals surface area contributed by atoms with Crippen LogP contribution < -0.4 is 4.72 Å². The lowest BCUT2D eigenvalue weighted by molar-refractivity contribution is -0.387. The van der Waals surface area contributed by atoms with Gasteiger partial charge in [0.25, 0.3) is 5.69 Å². The van der Waals surface area contributed by atoms with Crippen LogP contribution in [-0.2, 0) is 10.0 Å². The fourth-order valence-corrected chi connectivity index (χ4v) is 4.70. The van der Waals surface area contributed by atoms with E-state index in [0.717, 1.165) is 18.9 Å². The summed E-state index contributed by atoms with van der Waals surface area (Å²) in [5.74, 6) is 1.22. The summed E-state index contributed by atoms with van der Waals surface area (Å²) in [4.78, 5) is 9.95. The van der Waals surface area contributed by atoms with E-state index in [-0.39, 0.29) is 15.8 Å². The number of hydrogen-bond donors (Lipinski definition) is 1. The Balaban J connectivity index is 1.78. The van der Waals surface area contributed by atoms with E-state index < -0.39 is 20.6 Å². The molecule has 2 aliphatic rings. The molecule has 2 aliphatic carbocycles. The average Bonchev–Trinajstić information content (AvgIpc) is 3.07. The standard InChI is InChI=1S/C14H15ClN2O4S/c15-12-3-4-14(13(7-12)17(18)19)22(20,21)16-8-11-6-9-1-2-10(11)5-9/h1-4,7,9-11,16H,5-6,8H2/t9-,10-,11+/m0/s1. The minimum Gasteiger partial charge on any atom is -0.258 e. The zero-order chi connectivity index (χ0) is 15.9. The summed E-state index contributed by atoms with van der Waals surface area (Å²) in [5, 5.41) is 11.2. The Kier molecular flexibility index (Phi) is 3.96. The Labute approximate surface area is 133 Å². The summed E-state index contributed by atoms with van der Waals surface area (Å²) in [6, 6.07) is 3.56. The van der Waals surface area contributed by atoms with Crippen LogP contribution in [0.1, 0.15) is 12.8 Å². The fourth-order valence-electron chi connectivity index (χ4n) is 3.28. The third kappa shape index (κ3) is 2.88. The van der Waals surface area contributed by atoms with Crippen molar-refractivity contribution in [3.05, 3.63) is 45.5 Å². The Morgan fingerprint density at radius 2 is 2.09 bits per heavy atom. The highest BCUT2D eigenvalue weighted by Gasteiger charge is 2.36. The molecule has 3 atom stereocenters. The maximum atomic E-state index is 12.4. The van der Waals surface area contributed by atoms with Gasteiger partial charge in [0.1, 0.15) is 0 Å². The zero-order valence-corrected chi connectivity index (χ0v) is 13.2. The molecule has 0 amide bonds. The second kappa shape index (κ2) is 5.64. The van der Waals surface area contributed by atoms with Crippen LogP contribution in [0.15, 0.2) is 35.2 Å². The lowest BCUT2D eigenvalue weighted by Crippen LogP contribution is -2.31. The number of nitro benzene ring substituents is 1. The summed E-state index contributed by atoms with van der Waals surface area (Å²) in [7, 11) is -3.93. The van der Waals surface area contributed by atoms with E-state index in [9.17, 15) is 18.5 Å². The van der Waals surface area contributed by atoms with Gasteiger partial charge in [0.05, 0.1) is 4.92 Å². The molecule has 1 aromatic rings. The van der Waals surface area contributed by atoms with Crippen LogP contribution >= 0.6 is 11.6 Å². The number of hydrogen-bond acceptors (Lipinski definition) is 4. The number of sulfonamides is 1. The average molecular weight is 343 g/mol. The largest absolute Gasteiger partial charge is 0.290 e. The molecule has 8 heteroatoms. The molecule has 2 bridgehead atoms. The molecule has 0 aliphatic heterocycles. The molecule has 6 nitrogen and oxygen atoms in total. The summed E-state index contributed by atoms with van der Waals surface area (Å²) in [6.07, 6.45) is 6.36. The molecule has 0 aromatic heterocycles. The summed E-state index contributed by atoms with van der Waals surface area (Å²) in [5.41, 5.74) is -0.507. The molecule has 1 N–H and O–H groups in total. The van der Waals surface area contributed by atoms with Gasteiger partial charge in [-0.25, -0.2) is 13.1 Å². The van der Waals surface area contributed by atoms with Crippen LogP contribution in [0.3, 0.4) is 0 Å². The molecule has 1 aromatic carbocycles. The number of benzene rings is 1. The smallest absolute Gasteiger partial charge is 0.258 e. The first kappa shape index (κ1) is 15.5. The van der Waals surface area contributed by atoms with Gasteiger partial charge >= 0.3 is 0 Å². The van der Waals surface area contributed by atoms with Crippen LogP contribution in [0, 0.1) is 27.9 Å². The number of nitrogens with zero attached hydrogens (tertiary/aromatic N) is 1. The Hall–Kier alpha value is -1.44. The van der Waals surface area contributed by atoms with Crippen molar-refractivity contribution in [1.29, 1.82) is 0 Å². The van der Waals surface area contributed by atoms with Crippen molar-refractivity contribution in [3.8, 4) is 0 Å². The van der Waals surface area contributed by atoms with E-state index in [1.54, 1.807) is 0 Å². The topological polar surface area (TPSA) is 89.3 Å². The van der Waals surface area contributed by atoms with Gasteiger partial charge in [0, 0.05) is 17.6 Å². The molecule has 22 heavy (non-hydrogen) atoms. The quantitative estimate of drug-likeness (QED) is 0.506. The van der Waals surface area contributed by atoms with Gasteiger partial charge in [-0.1, -0.05) is 23.8 Å². The van der Waals surface area contributed by atoms with Crippen molar-refractivity contribution >= 4 is 27.3 Å². The maximum absolute atomic E-state index is 12.4. The van der Waals surface area contributed by atoms with Crippen molar-refractivity contribution < 1.29 is 13.3 Å². The molecular formula is C14H15ClN2O4S. The van der Waals surface area contributed by atoms with Crippen LogP contribution in [0.4, 0.5) is 5.69 Å². The van der Waals surface area contributed by atoms with E-state index in [0.29, 0.717) is 18.4 Å². The monoisotopic (exact) mass is 342 g/mol. The molecule has 0 heterocycles. The molecule has 0 saturated heterocycles. The number of rotatable bonds is 5. The van der Waals surface area contributed by atoms with E-state index >= 15 is 0 Å². The third-order valence-electron chi connectivity index (χ3n) is 4.36. The first-order valence-electron chi connectivity index (χ1n) is 6.99. The van der Waals surface area contributed by atoms with Crippen molar-refractivity contribution in [3.63, 3.8) is 0 Å². The number of nitro groups is 1. The summed E-state index contributed by atoms with van der Waals surface area (Å²) < 4.78 is 27.2. The highest BCUT2D eigenvalue weighted by atomic mass is 35.5. The van der Waals surface area contributed by atoms with Gasteiger partial charge in [-0.15, -0.1) is 0 Å². The summed E-state index contributed by atoms with van der Waals surface area (Å²) >= 11 is 5.71. The number of allylic oxidation sites excluding steroid dienone is 2. The van der Waals surface area contributed by atoms with E-state index in [2.05, 4.69) is 16.9 Å². The molecule has 0 unspecified atom stereocenters. The van der Waals surface area contributed by atoms with Crippen LogP contribution in [0.5, 0.6) is 0 Å². The zero-order valence-electron chi connectivity index (χ0n) is 11.6. The molecule has 1 saturated carbocycles. The fraction of sp³-hybridized carbons (Fsp3) is 0.429. The van der Waals surface area contributed by atoms with Gasteiger partial charge in [0.2, 0.25) is 10.0 Å². The maximum Gasteiger partial charge on any atom is 0.290 e. The van der Waals surface area contributed by atoms with Gasteiger partial charge in [-0.3, -0.25) is 10.1 Å². The first-order valence-corrected chi connectivity index (χ1v) is 8.85. The van der Waals surface area contributed by atoms with Crippen molar-refractivity contribution in [2.75, 3.05) is 6.54 Å². The Bertz CT molecular complexity index is 747. The molecule has 118 valence electrons. The van der Waals surface area contributed by atoms with Crippen molar-refractivity contribution in [2.24, 2.45) is 17.8 Å². The second-order valence-corrected chi connectivity index (χ2v) is 7.93. The predicted molar refractivity (Wildman–Crippen MR) is 82.1 cm³/mol. The lowest BCUT2D eigenvalue weighted by Gasteiger charge is -2.18. The van der Waals surface area contributed by atoms with E-state index in [1.807, 2.05) is 0 Å². The molecule has 0 radical (unpaired) electrons. The van der Waals surface area contributed by atoms with Crippen molar-refractivity contribution in [2.45, 2.75) is 17.7 Å². The number of fused-ring (bicyclic) bond motifs is 2. The molecule has 0 spiro atoms. The Morgan fingerprint density at radius 1 is 1.32 bits per heavy atom. The van der Waals surface area contributed by atoms with Gasteiger partial charge < -0.3 is 0 Å². The number of nitrogens with one attached hydrogen (secondary N) is 1. The van der Waals surface area contributed by atoms with Gasteiger partial charge in [-0.2, -0.15) is 0 Å². The van der Waals surface area contributed by atoms with Crippen molar-refractivity contribution in [1.82, 2.24) is 4.72 Å². The van der Waals surface area contributed by atoms with Crippen LogP contribution in [0.2, 0.25) is 5.02 Å². The predicted octanol–water partition coefficient (Wildman–Crippen LogP) is 2.74. The molecule has 3 rings (SSSR count). The van der Waals surface area contributed by atoms with E-state index in [4.69, 9.17) is 11.6 Å². The first-order chi connectivity index (χ1) is 10.4.